The van der Waals surface area contributed by atoms with Crippen molar-refractivity contribution >= 4 is 24.3 Å². The highest BCUT2D eigenvalue weighted by atomic mass is 32.1. The first-order valence-electron chi connectivity index (χ1n) is 4.51. The fraction of sp³-hybridized carbons (Fsp3) is 0.167. The van der Waals surface area contributed by atoms with E-state index in [-0.39, 0.29) is 35.9 Å². The Labute approximate surface area is 107 Å². The van der Waals surface area contributed by atoms with Crippen molar-refractivity contribution in [3.05, 3.63) is 35.4 Å². The van der Waals surface area contributed by atoms with Crippen LogP contribution in [-0.2, 0) is 0 Å². The van der Waals surface area contributed by atoms with E-state index in [0.717, 1.165) is 21.9 Å². The van der Waals surface area contributed by atoms with Gasteiger partial charge in [-0.25, -0.2) is 0 Å². The molecule has 96 valence electrons. The number of fused-ring (bicyclic) bond motifs is 1. The second-order valence-electron chi connectivity index (χ2n) is 3.62. The van der Waals surface area contributed by atoms with Gasteiger partial charge in [0.25, 0.3) is 0 Å². The minimum atomic E-state index is 0. The molecule has 4 nitrogen and oxygen atoms in total. The van der Waals surface area contributed by atoms with Gasteiger partial charge in [0, 0.05) is 0 Å². The predicted octanol–water partition coefficient (Wildman–Crippen LogP) is 1.33. The Morgan fingerprint density at radius 1 is 0.706 bits per heavy atom. The molecule has 0 radical (unpaired) electrons. The molecular formula is C12H18O4S. The van der Waals surface area contributed by atoms with Crippen molar-refractivity contribution in [2.24, 2.45) is 0 Å². The van der Waals surface area contributed by atoms with E-state index >= 15 is 0 Å². The molecule has 2 aromatic carbocycles. The van der Waals surface area contributed by atoms with Crippen LogP contribution in [0.3, 0.4) is 0 Å². The zero-order chi connectivity index (χ0) is 10.3. The van der Waals surface area contributed by atoms with Crippen molar-refractivity contribution in [2.75, 3.05) is 0 Å². The standard InChI is InChI=1S/C12H12O2.2H2O.H2S/c1-7-3-9-4-8(2)12(14)6-10(9)5-11(7)13;;;/h3-6,13-14H,1-2H3;3*1H2. The molecule has 0 spiro atoms. The van der Waals surface area contributed by atoms with Gasteiger partial charge in [-0.2, -0.15) is 13.5 Å². The Kier molecular flexibility index (Phi) is 6.69. The summed E-state index contributed by atoms with van der Waals surface area (Å²) in [5.41, 5.74) is 1.70. The monoisotopic (exact) mass is 258 g/mol. The van der Waals surface area contributed by atoms with Crippen molar-refractivity contribution < 1.29 is 21.2 Å². The maximum Gasteiger partial charge on any atom is 0.119 e. The van der Waals surface area contributed by atoms with Crippen molar-refractivity contribution in [3.63, 3.8) is 0 Å². The Morgan fingerprint density at radius 3 is 1.35 bits per heavy atom. The maximum atomic E-state index is 9.50. The molecule has 0 aliphatic rings. The highest BCUT2D eigenvalue weighted by Gasteiger charge is 2.03. The van der Waals surface area contributed by atoms with Gasteiger partial charge in [-0.3, -0.25) is 0 Å². The molecule has 2 rings (SSSR count). The van der Waals surface area contributed by atoms with Crippen molar-refractivity contribution in [3.8, 4) is 11.5 Å². The predicted molar refractivity (Wildman–Crippen MR) is 74.4 cm³/mol. The smallest absolute Gasteiger partial charge is 0.119 e. The molecule has 0 heterocycles. The largest absolute Gasteiger partial charge is 0.508 e. The molecule has 0 unspecified atom stereocenters. The highest BCUT2D eigenvalue weighted by Crippen LogP contribution is 2.29. The van der Waals surface area contributed by atoms with Gasteiger partial charge in [0.15, 0.2) is 0 Å². The van der Waals surface area contributed by atoms with Crippen LogP contribution >= 0.6 is 13.5 Å². The molecular weight excluding hydrogens is 240 g/mol. The van der Waals surface area contributed by atoms with Gasteiger partial charge in [0.1, 0.15) is 11.5 Å². The van der Waals surface area contributed by atoms with Crippen molar-refractivity contribution in [1.29, 1.82) is 0 Å². The van der Waals surface area contributed by atoms with Crippen LogP contribution in [0.25, 0.3) is 10.8 Å². The van der Waals surface area contributed by atoms with E-state index in [0.29, 0.717) is 0 Å². The first kappa shape index (κ1) is 17.9. The highest BCUT2D eigenvalue weighted by molar-refractivity contribution is 7.59. The lowest BCUT2D eigenvalue weighted by Crippen LogP contribution is -1.80. The van der Waals surface area contributed by atoms with E-state index in [9.17, 15) is 10.2 Å². The molecule has 0 bridgehead atoms. The number of aryl methyl sites for hydroxylation is 2. The molecule has 0 aromatic heterocycles. The second-order valence-corrected chi connectivity index (χ2v) is 3.62. The minimum Gasteiger partial charge on any atom is -0.508 e. The van der Waals surface area contributed by atoms with Crippen LogP contribution in [0.1, 0.15) is 11.1 Å². The Hall–Kier alpha value is -1.43. The minimum absolute atomic E-state index is 0. The number of rotatable bonds is 0. The lowest BCUT2D eigenvalue weighted by atomic mass is 10.0. The summed E-state index contributed by atoms with van der Waals surface area (Å²) >= 11 is 0. The third-order valence-electron chi connectivity index (χ3n) is 2.47. The number of aromatic hydroxyl groups is 2. The van der Waals surface area contributed by atoms with Crippen molar-refractivity contribution in [1.82, 2.24) is 0 Å². The van der Waals surface area contributed by atoms with Gasteiger partial charge in [-0.1, -0.05) is 0 Å². The molecule has 5 heteroatoms. The first-order valence-corrected chi connectivity index (χ1v) is 4.51. The van der Waals surface area contributed by atoms with Gasteiger partial charge >= 0.3 is 0 Å². The average molecular weight is 258 g/mol. The molecule has 0 fully saturated rings. The summed E-state index contributed by atoms with van der Waals surface area (Å²) in [6.07, 6.45) is 0. The summed E-state index contributed by atoms with van der Waals surface area (Å²) in [6.45, 7) is 3.72. The summed E-state index contributed by atoms with van der Waals surface area (Å²) in [5, 5.41) is 20.9. The molecule has 2 aromatic rings. The number of phenolic OH excluding ortho intramolecular Hbond substituents is 2. The fourth-order valence-corrected chi connectivity index (χ4v) is 1.55. The lowest BCUT2D eigenvalue weighted by Gasteiger charge is -2.05. The number of hydrogen-bond donors (Lipinski definition) is 2. The van der Waals surface area contributed by atoms with Crippen LogP contribution in [0.15, 0.2) is 24.3 Å². The number of benzene rings is 2. The third kappa shape index (κ3) is 3.26. The second kappa shape index (κ2) is 6.34. The Balaban J connectivity index is 0. The van der Waals surface area contributed by atoms with E-state index in [1.165, 1.54) is 0 Å². The van der Waals surface area contributed by atoms with Gasteiger partial charge in [0.05, 0.1) is 0 Å². The summed E-state index contributed by atoms with van der Waals surface area (Å²) in [6, 6.07) is 7.17. The lowest BCUT2D eigenvalue weighted by molar-refractivity contribution is 0.470. The van der Waals surface area contributed by atoms with Gasteiger partial charge < -0.3 is 21.2 Å². The fourth-order valence-electron chi connectivity index (χ4n) is 1.55. The van der Waals surface area contributed by atoms with E-state index < -0.39 is 0 Å². The third-order valence-corrected chi connectivity index (χ3v) is 2.47. The normalized spacial score (nSPS) is 8.82. The molecule has 0 aliphatic carbocycles. The SMILES string of the molecule is Cc1cc2cc(C)c(O)cc2cc1O.O.O.S. The van der Waals surface area contributed by atoms with E-state index in [4.69, 9.17) is 0 Å². The molecule has 0 amide bonds. The summed E-state index contributed by atoms with van der Waals surface area (Å²) < 4.78 is 0. The summed E-state index contributed by atoms with van der Waals surface area (Å²) in [7, 11) is 0. The molecule has 17 heavy (non-hydrogen) atoms. The van der Waals surface area contributed by atoms with E-state index in [1.54, 1.807) is 12.1 Å². The number of hydrogen-bond acceptors (Lipinski definition) is 2. The van der Waals surface area contributed by atoms with E-state index in [2.05, 4.69) is 0 Å². The summed E-state index contributed by atoms with van der Waals surface area (Å²) in [4.78, 5) is 0. The van der Waals surface area contributed by atoms with E-state index in [1.807, 2.05) is 26.0 Å². The van der Waals surface area contributed by atoms with Crippen molar-refractivity contribution in [2.45, 2.75) is 13.8 Å². The maximum absolute atomic E-state index is 9.50. The van der Waals surface area contributed by atoms with Crippen LogP contribution in [0.2, 0.25) is 0 Å². The molecule has 0 aliphatic heterocycles. The average Bonchev–Trinajstić information content (AvgIpc) is 2.11. The van der Waals surface area contributed by atoms with Crippen LogP contribution in [0, 0.1) is 13.8 Å². The molecule has 6 N–H and O–H groups in total. The zero-order valence-electron chi connectivity index (χ0n) is 9.70. The topological polar surface area (TPSA) is 103 Å². The van der Waals surface area contributed by atoms with Crippen LogP contribution in [-0.4, -0.2) is 21.2 Å². The Bertz CT molecular complexity index is 422. The van der Waals surface area contributed by atoms with Crippen LogP contribution < -0.4 is 0 Å². The zero-order valence-corrected chi connectivity index (χ0v) is 10.7. The first-order chi connectivity index (χ1) is 6.58. The van der Waals surface area contributed by atoms with Crippen LogP contribution in [0.5, 0.6) is 11.5 Å². The molecule has 0 atom stereocenters. The van der Waals surface area contributed by atoms with Gasteiger partial charge in [-0.05, 0) is 60.0 Å². The van der Waals surface area contributed by atoms with Gasteiger partial charge in [-0.15, -0.1) is 0 Å². The van der Waals surface area contributed by atoms with Gasteiger partial charge in [0.2, 0.25) is 0 Å². The molecule has 0 saturated carbocycles. The quantitative estimate of drug-likeness (QED) is 0.744. The number of phenols is 2. The summed E-state index contributed by atoms with van der Waals surface area (Å²) in [5.74, 6) is 0.529. The van der Waals surface area contributed by atoms with Crippen LogP contribution in [0.4, 0.5) is 0 Å². The Morgan fingerprint density at radius 2 is 1.00 bits per heavy atom. The molecule has 0 saturated heterocycles.